The lowest BCUT2D eigenvalue weighted by molar-refractivity contribution is 0.0733. The van der Waals surface area contributed by atoms with Crippen LogP contribution < -0.4 is 9.47 Å². The average molecular weight is 388 g/mol. The van der Waals surface area contributed by atoms with Gasteiger partial charge in [-0.2, -0.15) is 0 Å². The molecule has 0 fully saturated rings. The lowest BCUT2D eigenvalue weighted by Gasteiger charge is -2.10. The summed E-state index contributed by atoms with van der Waals surface area (Å²) in [5.74, 6) is -0.657. The van der Waals surface area contributed by atoms with E-state index in [1.807, 2.05) is 19.1 Å². The predicted octanol–water partition coefficient (Wildman–Crippen LogP) is 5.28. The van der Waals surface area contributed by atoms with Crippen molar-refractivity contribution in [3.63, 3.8) is 0 Å². The molecule has 0 spiro atoms. The van der Waals surface area contributed by atoms with Gasteiger partial charge in [-0.15, -0.1) is 0 Å². The first-order valence-electron chi connectivity index (χ1n) is 9.05. The van der Waals surface area contributed by atoms with Crippen molar-refractivity contribution < 1.29 is 23.5 Å². The van der Waals surface area contributed by atoms with Crippen LogP contribution in [0.1, 0.15) is 37.4 Å². The standard InChI is InChI=1S/C24H17FO4/c1-14-7-9-16(10-8-14)24(27)29-20-12-11-18-22(26)21(28-23(18)15(20)2)13-17-5-3-4-6-19(17)25/h3-13H,1-2H3/b21-13-. The summed E-state index contributed by atoms with van der Waals surface area (Å²) < 4.78 is 25.1. The summed E-state index contributed by atoms with van der Waals surface area (Å²) in [6, 6.07) is 16.3. The molecule has 4 nitrogen and oxygen atoms in total. The van der Waals surface area contributed by atoms with Crippen LogP contribution in [-0.2, 0) is 0 Å². The van der Waals surface area contributed by atoms with Crippen molar-refractivity contribution in [1.82, 2.24) is 0 Å². The third-order valence-corrected chi connectivity index (χ3v) is 4.72. The molecular formula is C24H17FO4. The molecule has 1 heterocycles. The highest BCUT2D eigenvalue weighted by Gasteiger charge is 2.30. The molecule has 0 atom stereocenters. The molecule has 0 aliphatic carbocycles. The molecule has 0 unspecified atom stereocenters. The van der Waals surface area contributed by atoms with E-state index in [0.29, 0.717) is 28.2 Å². The van der Waals surface area contributed by atoms with Crippen LogP contribution in [0, 0.1) is 19.7 Å². The molecule has 1 aliphatic heterocycles. The number of allylic oxidation sites excluding steroid dienone is 1. The van der Waals surface area contributed by atoms with E-state index in [0.717, 1.165) is 5.56 Å². The number of esters is 1. The average Bonchev–Trinajstić information content (AvgIpc) is 3.03. The summed E-state index contributed by atoms with van der Waals surface area (Å²) in [4.78, 5) is 25.0. The minimum absolute atomic E-state index is 0.0233. The Labute approximate surface area is 167 Å². The van der Waals surface area contributed by atoms with E-state index in [1.165, 1.54) is 12.1 Å². The molecular weight excluding hydrogens is 371 g/mol. The number of halogens is 1. The third-order valence-electron chi connectivity index (χ3n) is 4.72. The Balaban J connectivity index is 1.62. The summed E-state index contributed by atoms with van der Waals surface area (Å²) >= 11 is 0. The summed E-state index contributed by atoms with van der Waals surface area (Å²) in [6.07, 6.45) is 1.37. The Morgan fingerprint density at radius 1 is 1.00 bits per heavy atom. The fourth-order valence-electron chi connectivity index (χ4n) is 3.06. The van der Waals surface area contributed by atoms with E-state index in [2.05, 4.69) is 0 Å². The third kappa shape index (κ3) is 3.55. The van der Waals surface area contributed by atoms with Gasteiger partial charge in [-0.1, -0.05) is 35.9 Å². The molecule has 0 radical (unpaired) electrons. The number of benzene rings is 3. The molecule has 144 valence electrons. The van der Waals surface area contributed by atoms with Gasteiger partial charge in [0.05, 0.1) is 11.1 Å². The van der Waals surface area contributed by atoms with Crippen LogP contribution in [0.25, 0.3) is 6.08 Å². The van der Waals surface area contributed by atoms with Crippen LogP contribution in [0.5, 0.6) is 11.5 Å². The van der Waals surface area contributed by atoms with E-state index in [4.69, 9.17) is 9.47 Å². The van der Waals surface area contributed by atoms with Gasteiger partial charge in [0, 0.05) is 11.1 Å². The van der Waals surface area contributed by atoms with E-state index in [1.54, 1.807) is 49.4 Å². The molecule has 0 saturated carbocycles. The molecule has 0 bridgehead atoms. The van der Waals surface area contributed by atoms with Gasteiger partial charge >= 0.3 is 5.97 Å². The van der Waals surface area contributed by atoms with E-state index in [-0.39, 0.29) is 17.1 Å². The van der Waals surface area contributed by atoms with Crippen LogP contribution in [0.4, 0.5) is 4.39 Å². The van der Waals surface area contributed by atoms with E-state index < -0.39 is 11.8 Å². The first kappa shape index (κ1) is 18.6. The van der Waals surface area contributed by atoms with Crippen molar-refractivity contribution in [2.24, 2.45) is 0 Å². The maximum Gasteiger partial charge on any atom is 0.343 e. The second-order valence-electron chi connectivity index (χ2n) is 6.78. The number of hydrogen-bond donors (Lipinski definition) is 0. The SMILES string of the molecule is Cc1ccc(C(=O)Oc2ccc3c(c2C)O/C(=C\c2ccccc2F)C3=O)cc1. The molecule has 5 heteroatoms. The van der Waals surface area contributed by atoms with Gasteiger partial charge in [-0.3, -0.25) is 4.79 Å². The quantitative estimate of drug-likeness (QED) is 0.348. The van der Waals surface area contributed by atoms with Crippen molar-refractivity contribution in [2.75, 3.05) is 0 Å². The maximum atomic E-state index is 13.9. The minimum atomic E-state index is -0.500. The number of carbonyl (C=O) groups excluding carboxylic acids is 2. The van der Waals surface area contributed by atoms with E-state index in [9.17, 15) is 14.0 Å². The van der Waals surface area contributed by atoms with Crippen molar-refractivity contribution in [3.8, 4) is 11.5 Å². The highest BCUT2D eigenvalue weighted by Crippen LogP contribution is 2.39. The Hall–Kier alpha value is -3.73. The van der Waals surface area contributed by atoms with Crippen LogP contribution >= 0.6 is 0 Å². The molecule has 1 aliphatic rings. The Morgan fingerprint density at radius 2 is 1.72 bits per heavy atom. The van der Waals surface area contributed by atoms with Crippen molar-refractivity contribution >= 4 is 17.8 Å². The van der Waals surface area contributed by atoms with Gasteiger partial charge < -0.3 is 9.47 Å². The molecule has 29 heavy (non-hydrogen) atoms. The topological polar surface area (TPSA) is 52.6 Å². The molecule has 0 N–H and O–H groups in total. The molecule has 0 saturated heterocycles. The van der Waals surface area contributed by atoms with Crippen molar-refractivity contribution in [2.45, 2.75) is 13.8 Å². The monoisotopic (exact) mass is 388 g/mol. The summed E-state index contributed by atoms with van der Waals surface area (Å²) in [5, 5.41) is 0. The number of fused-ring (bicyclic) bond motifs is 1. The predicted molar refractivity (Wildman–Crippen MR) is 107 cm³/mol. The highest BCUT2D eigenvalue weighted by atomic mass is 19.1. The van der Waals surface area contributed by atoms with Gasteiger partial charge in [0.25, 0.3) is 0 Å². The Morgan fingerprint density at radius 3 is 2.45 bits per heavy atom. The number of Topliss-reactive ketones (excluding diaryl/α,β-unsaturated/α-hetero) is 1. The Bertz CT molecular complexity index is 1160. The van der Waals surface area contributed by atoms with Crippen molar-refractivity contribution in [1.29, 1.82) is 0 Å². The van der Waals surface area contributed by atoms with E-state index >= 15 is 0 Å². The molecule has 0 amide bonds. The molecule has 3 aromatic carbocycles. The fraction of sp³-hybridized carbons (Fsp3) is 0.0833. The molecule has 3 aromatic rings. The maximum absolute atomic E-state index is 13.9. The number of ketones is 1. The summed E-state index contributed by atoms with van der Waals surface area (Å²) in [6.45, 7) is 3.64. The number of hydrogen-bond acceptors (Lipinski definition) is 4. The first-order chi connectivity index (χ1) is 13.9. The van der Waals surface area contributed by atoms with Crippen LogP contribution in [0.3, 0.4) is 0 Å². The Kier molecular flexibility index (Phi) is 4.72. The fourth-order valence-corrected chi connectivity index (χ4v) is 3.06. The lowest BCUT2D eigenvalue weighted by Crippen LogP contribution is -2.09. The highest BCUT2D eigenvalue weighted by molar-refractivity contribution is 6.15. The number of rotatable bonds is 3. The molecule has 4 rings (SSSR count). The zero-order chi connectivity index (χ0) is 20.5. The smallest absolute Gasteiger partial charge is 0.343 e. The van der Waals surface area contributed by atoms with Crippen molar-refractivity contribution in [3.05, 3.63) is 100 Å². The molecule has 0 aromatic heterocycles. The normalized spacial score (nSPS) is 13.9. The van der Waals surface area contributed by atoms with Gasteiger partial charge in [0.15, 0.2) is 5.76 Å². The van der Waals surface area contributed by atoms with Crippen LogP contribution in [0.2, 0.25) is 0 Å². The minimum Gasteiger partial charge on any atom is -0.452 e. The van der Waals surface area contributed by atoms with Gasteiger partial charge in [-0.25, -0.2) is 9.18 Å². The summed E-state index contributed by atoms with van der Waals surface area (Å²) in [7, 11) is 0. The second kappa shape index (κ2) is 7.36. The van der Waals surface area contributed by atoms with Crippen LogP contribution in [0.15, 0.2) is 66.4 Å². The first-order valence-corrected chi connectivity index (χ1v) is 9.05. The zero-order valence-electron chi connectivity index (χ0n) is 15.9. The number of ether oxygens (including phenoxy) is 2. The largest absolute Gasteiger partial charge is 0.452 e. The van der Waals surface area contributed by atoms with Gasteiger partial charge in [0.1, 0.15) is 17.3 Å². The summed E-state index contributed by atoms with van der Waals surface area (Å²) in [5.41, 5.74) is 2.59. The number of carbonyl (C=O) groups is 2. The van der Waals surface area contributed by atoms with Gasteiger partial charge in [-0.05, 0) is 50.3 Å². The second-order valence-corrected chi connectivity index (χ2v) is 6.78. The van der Waals surface area contributed by atoms with Gasteiger partial charge in [0.2, 0.25) is 5.78 Å². The zero-order valence-corrected chi connectivity index (χ0v) is 15.9. The number of aryl methyl sites for hydroxylation is 1. The van der Waals surface area contributed by atoms with Crippen LogP contribution in [-0.4, -0.2) is 11.8 Å². The lowest BCUT2D eigenvalue weighted by atomic mass is 10.1.